The molecule has 0 aliphatic carbocycles. The number of para-hydroxylation sites is 1. The number of methoxy groups -OCH3 is 1. The summed E-state index contributed by atoms with van der Waals surface area (Å²) in [6.07, 6.45) is 1.51. The van der Waals surface area contributed by atoms with Crippen molar-refractivity contribution in [2.75, 3.05) is 7.11 Å². The molecular weight excluding hydrogens is 370 g/mol. The average molecular weight is 389 g/mol. The van der Waals surface area contributed by atoms with E-state index in [4.69, 9.17) is 9.15 Å². The molecule has 3 aromatic rings. The summed E-state index contributed by atoms with van der Waals surface area (Å²) in [5, 5.41) is 11.0. The predicted octanol–water partition coefficient (Wildman–Crippen LogP) is 3.91. The van der Waals surface area contributed by atoms with Crippen molar-refractivity contribution < 1.29 is 23.8 Å². The van der Waals surface area contributed by atoms with Crippen LogP contribution >= 0.6 is 0 Å². The van der Waals surface area contributed by atoms with Gasteiger partial charge in [-0.15, -0.1) is 0 Å². The Balaban J connectivity index is 1.91. The fourth-order valence-corrected chi connectivity index (χ4v) is 3.58. The van der Waals surface area contributed by atoms with Gasteiger partial charge in [0, 0.05) is 11.1 Å². The lowest BCUT2D eigenvalue weighted by Gasteiger charge is -2.25. The standard InChI is InChI=1S/C23H19NO5/c1-28-18-12-6-5-11-17(18)20-19(21(25)15-8-3-2-4-9-15)22(26)23(27)24(20)14-16-10-7-13-29-16/h2-13,20,25H,14H2,1H3. The van der Waals surface area contributed by atoms with Crippen molar-refractivity contribution in [2.24, 2.45) is 0 Å². The second-order valence-electron chi connectivity index (χ2n) is 6.61. The number of aliphatic hydroxyl groups is 1. The van der Waals surface area contributed by atoms with E-state index < -0.39 is 17.7 Å². The Morgan fingerprint density at radius 1 is 1.03 bits per heavy atom. The van der Waals surface area contributed by atoms with Gasteiger partial charge in [0.25, 0.3) is 11.7 Å². The van der Waals surface area contributed by atoms with Gasteiger partial charge in [-0.05, 0) is 18.2 Å². The number of benzene rings is 2. The third-order valence-electron chi connectivity index (χ3n) is 4.93. The summed E-state index contributed by atoms with van der Waals surface area (Å²) in [6.45, 7) is 0.0891. The van der Waals surface area contributed by atoms with E-state index in [1.165, 1.54) is 18.3 Å². The highest BCUT2D eigenvalue weighted by Gasteiger charge is 2.47. The lowest BCUT2D eigenvalue weighted by Crippen LogP contribution is -2.29. The lowest BCUT2D eigenvalue weighted by atomic mass is 9.94. The van der Waals surface area contributed by atoms with Crippen molar-refractivity contribution in [3.05, 3.63) is 95.5 Å². The molecule has 1 atom stereocenters. The fourth-order valence-electron chi connectivity index (χ4n) is 3.58. The molecule has 1 saturated heterocycles. The number of hydrogen-bond donors (Lipinski definition) is 1. The number of Topliss-reactive ketones (excluding diaryl/α,β-unsaturated/α-hetero) is 1. The van der Waals surface area contributed by atoms with Crippen LogP contribution in [0.15, 0.2) is 83.0 Å². The molecule has 0 radical (unpaired) electrons. The average Bonchev–Trinajstić information content (AvgIpc) is 3.36. The van der Waals surface area contributed by atoms with Crippen LogP contribution < -0.4 is 4.74 Å². The third-order valence-corrected chi connectivity index (χ3v) is 4.93. The number of carbonyl (C=O) groups is 2. The Morgan fingerprint density at radius 2 is 1.76 bits per heavy atom. The van der Waals surface area contributed by atoms with Crippen LogP contribution in [0.1, 0.15) is 22.9 Å². The van der Waals surface area contributed by atoms with Crippen molar-refractivity contribution in [2.45, 2.75) is 12.6 Å². The molecule has 6 heteroatoms. The van der Waals surface area contributed by atoms with Crippen molar-refractivity contribution in [3.8, 4) is 5.75 Å². The molecule has 0 saturated carbocycles. The van der Waals surface area contributed by atoms with Gasteiger partial charge in [0.1, 0.15) is 17.3 Å². The number of rotatable bonds is 5. The smallest absolute Gasteiger partial charge is 0.296 e. The maximum atomic E-state index is 13.0. The van der Waals surface area contributed by atoms with Crippen molar-refractivity contribution >= 4 is 17.4 Å². The zero-order chi connectivity index (χ0) is 20.4. The zero-order valence-corrected chi connectivity index (χ0v) is 15.7. The van der Waals surface area contributed by atoms with Gasteiger partial charge in [0.2, 0.25) is 0 Å². The maximum absolute atomic E-state index is 13.0. The van der Waals surface area contributed by atoms with Gasteiger partial charge in [0.15, 0.2) is 0 Å². The SMILES string of the molecule is COc1ccccc1C1C(=C(O)c2ccccc2)C(=O)C(=O)N1Cc1ccco1. The molecule has 29 heavy (non-hydrogen) atoms. The molecule has 6 nitrogen and oxygen atoms in total. The topological polar surface area (TPSA) is 80.0 Å². The molecule has 1 aliphatic rings. The van der Waals surface area contributed by atoms with Crippen molar-refractivity contribution in [1.82, 2.24) is 4.90 Å². The second kappa shape index (κ2) is 7.67. The van der Waals surface area contributed by atoms with Crippen LogP contribution in [0.2, 0.25) is 0 Å². The van der Waals surface area contributed by atoms with Gasteiger partial charge in [0.05, 0.1) is 31.5 Å². The molecule has 4 rings (SSSR count). The van der Waals surface area contributed by atoms with Gasteiger partial charge in [-0.3, -0.25) is 9.59 Å². The normalized spacial score (nSPS) is 18.2. The van der Waals surface area contributed by atoms with Crippen LogP contribution in [0.4, 0.5) is 0 Å². The number of aliphatic hydroxyl groups excluding tert-OH is 1. The minimum absolute atomic E-state index is 0.0252. The molecular formula is C23H19NO5. The number of hydrogen-bond acceptors (Lipinski definition) is 5. The van der Waals surface area contributed by atoms with E-state index >= 15 is 0 Å². The molecule has 2 heterocycles. The minimum Gasteiger partial charge on any atom is -0.507 e. The molecule has 0 spiro atoms. The van der Waals surface area contributed by atoms with Crippen LogP contribution in [-0.2, 0) is 16.1 Å². The van der Waals surface area contributed by atoms with E-state index in [1.54, 1.807) is 60.7 Å². The Hall–Kier alpha value is -3.80. The van der Waals surface area contributed by atoms with Gasteiger partial charge < -0.3 is 19.2 Å². The van der Waals surface area contributed by atoms with E-state index in [2.05, 4.69) is 0 Å². The highest BCUT2D eigenvalue weighted by Crippen LogP contribution is 2.43. The first-order valence-electron chi connectivity index (χ1n) is 9.11. The van der Waals surface area contributed by atoms with Crippen LogP contribution in [-0.4, -0.2) is 28.8 Å². The number of ketones is 1. The van der Waals surface area contributed by atoms with E-state index in [0.29, 0.717) is 22.6 Å². The summed E-state index contributed by atoms with van der Waals surface area (Å²) in [7, 11) is 1.52. The van der Waals surface area contributed by atoms with Gasteiger partial charge >= 0.3 is 0 Å². The van der Waals surface area contributed by atoms with Crippen LogP contribution in [0.3, 0.4) is 0 Å². The van der Waals surface area contributed by atoms with E-state index in [0.717, 1.165) is 0 Å². The first-order chi connectivity index (χ1) is 14.1. The van der Waals surface area contributed by atoms with Gasteiger partial charge in [-0.2, -0.15) is 0 Å². The summed E-state index contributed by atoms with van der Waals surface area (Å²) in [5.74, 6) is -0.611. The molecule has 1 unspecified atom stereocenters. The Labute approximate surface area is 167 Å². The fraction of sp³-hybridized carbons (Fsp3) is 0.130. The monoisotopic (exact) mass is 389 g/mol. The van der Waals surface area contributed by atoms with E-state index in [9.17, 15) is 14.7 Å². The summed E-state index contributed by atoms with van der Waals surface area (Å²) < 4.78 is 10.9. The molecule has 1 aromatic heterocycles. The largest absolute Gasteiger partial charge is 0.507 e. The minimum atomic E-state index is -0.809. The summed E-state index contributed by atoms with van der Waals surface area (Å²) in [4.78, 5) is 27.3. The molecule has 2 aromatic carbocycles. The quantitative estimate of drug-likeness (QED) is 0.407. The Kier molecular flexibility index (Phi) is 4.91. The Morgan fingerprint density at radius 3 is 2.45 bits per heavy atom. The second-order valence-corrected chi connectivity index (χ2v) is 6.61. The number of ether oxygens (including phenoxy) is 1. The summed E-state index contributed by atoms with van der Waals surface area (Å²) in [6, 6.07) is 18.5. The van der Waals surface area contributed by atoms with E-state index in [-0.39, 0.29) is 17.9 Å². The number of amides is 1. The molecule has 1 amide bonds. The first-order valence-corrected chi connectivity index (χ1v) is 9.11. The first kappa shape index (κ1) is 18.6. The number of likely N-dealkylation sites (tertiary alicyclic amines) is 1. The van der Waals surface area contributed by atoms with E-state index in [1.807, 2.05) is 6.07 Å². The van der Waals surface area contributed by atoms with Crippen molar-refractivity contribution in [1.29, 1.82) is 0 Å². The molecule has 0 bridgehead atoms. The number of carbonyl (C=O) groups excluding carboxylic acids is 2. The number of nitrogens with zero attached hydrogens (tertiary/aromatic N) is 1. The van der Waals surface area contributed by atoms with Gasteiger partial charge in [-0.25, -0.2) is 0 Å². The molecule has 1 fully saturated rings. The van der Waals surface area contributed by atoms with Crippen molar-refractivity contribution in [3.63, 3.8) is 0 Å². The van der Waals surface area contributed by atoms with Gasteiger partial charge in [-0.1, -0.05) is 48.5 Å². The van der Waals surface area contributed by atoms with Crippen LogP contribution in [0.5, 0.6) is 5.75 Å². The highest BCUT2D eigenvalue weighted by molar-refractivity contribution is 6.46. The Bertz CT molecular complexity index is 1070. The maximum Gasteiger partial charge on any atom is 0.296 e. The third kappa shape index (κ3) is 3.29. The summed E-state index contributed by atoms with van der Waals surface area (Å²) in [5.41, 5.74) is 1.10. The lowest BCUT2D eigenvalue weighted by molar-refractivity contribution is -0.140. The summed E-state index contributed by atoms with van der Waals surface area (Å²) >= 11 is 0. The van der Waals surface area contributed by atoms with Crippen LogP contribution in [0, 0.1) is 0 Å². The molecule has 1 aliphatic heterocycles. The molecule has 1 N–H and O–H groups in total. The number of furan rings is 1. The molecule has 146 valence electrons. The van der Waals surface area contributed by atoms with Crippen LogP contribution in [0.25, 0.3) is 5.76 Å². The zero-order valence-electron chi connectivity index (χ0n) is 15.7. The highest BCUT2D eigenvalue weighted by atomic mass is 16.5. The predicted molar refractivity (Wildman–Crippen MR) is 106 cm³/mol.